The van der Waals surface area contributed by atoms with E-state index in [-0.39, 0.29) is 0 Å². The number of ether oxygens (including phenoxy) is 1. The predicted octanol–water partition coefficient (Wildman–Crippen LogP) is 3.92. The molecule has 1 saturated carbocycles. The first-order valence-electron chi connectivity index (χ1n) is 5.52. The van der Waals surface area contributed by atoms with Crippen LogP contribution in [-0.2, 0) is 4.74 Å². The van der Waals surface area contributed by atoms with Gasteiger partial charge in [0.25, 0.3) is 0 Å². The van der Waals surface area contributed by atoms with E-state index in [4.69, 9.17) is 16.3 Å². The Morgan fingerprint density at radius 1 is 1.50 bits per heavy atom. The molecule has 1 aliphatic carbocycles. The second kappa shape index (κ2) is 5.56. The lowest BCUT2D eigenvalue weighted by atomic mass is 9.89. The monoisotopic (exact) mass is 351 g/mol. The third kappa shape index (κ3) is 3.02. The molecule has 0 saturated heterocycles. The number of nitrogens with one attached hydrogen (secondary N) is 1. The molecule has 0 aromatic heterocycles. The maximum Gasteiger partial charge on any atom is 0.0648 e. The molecule has 88 valence electrons. The van der Waals surface area contributed by atoms with Gasteiger partial charge in [-0.05, 0) is 60.6 Å². The fraction of sp³-hybridized carbons (Fsp3) is 0.500. The van der Waals surface area contributed by atoms with Crippen LogP contribution >= 0.6 is 34.2 Å². The van der Waals surface area contributed by atoms with E-state index in [1.54, 1.807) is 0 Å². The molecule has 0 bridgehead atoms. The Morgan fingerprint density at radius 2 is 2.25 bits per heavy atom. The highest BCUT2D eigenvalue weighted by Crippen LogP contribution is 2.30. The summed E-state index contributed by atoms with van der Waals surface area (Å²) in [7, 11) is 0. The lowest BCUT2D eigenvalue weighted by Gasteiger charge is -2.36. The van der Waals surface area contributed by atoms with Crippen molar-refractivity contribution in [2.75, 3.05) is 11.9 Å². The summed E-state index contributed by atoms with van der Waals surface area (Å²) in [5.41, 5.74) is 1.03. The Labute approximate surface area is 115 Å². The van der Waals surface area contributed by atoms with Crippen LogP contribution in [0.3, 0.4) is 0 Å². The van der Waals surface area contributed by atoms with Gasteiger partial charge in [-0.15, -0.1) is 0 Å². The summed E-state index contributed by atoms with van der Waals surface area (Å²) in [6.45, 7) is 2.85. The molecule has 1 N–H and O–H groups in total. The second-order valence-electron chi connectivity index (χ2n) is 4.01. The standard InChI is InChI=1S/C12H15ClINO/c1-2-16-10-6-9(7-10)15-12-4-3-8(14)5-11(12)13/h3-5,9-10,15H,2,6-7H2,1H3. The molecule has 2 rings (SSSR count). The van der Waals surface area contributed by atoms with Crippen LogP contribution in [-0.4, -0.2) is 18.8 Å². The maximum atomic E-state index is 6.15. The Bertz CT molecular complexity index is 366. The SMILES string of the molecule is CCOC1CC(Nc2ccc(I)cc2Cl)C1. The molecule has 4 heteroatoms. The summed E-state index contributed by atoms with van der Waals surface area (Å²) in [5.74, 6) is 0. The van der Waals surface area contributed by atoms with E-state index in [0.717, 1.165) is 33.7 Å². The van der Waals surface area contributed by atoms with Crippen LogP contribution in [0.15, 0.2) is 18.2 Å². The molecular weight excluding hydrogens is 336 g/mol. The molecule has 0 atom stereocenters. The van der Waals surface area contributed by atoms with E-state index >= 15 is 0 Å². The van der Waals surface area contributed by atoms with Crippen LogP contribution < -0.4 is 5.32 Å². The number of anilines is 1. The molecular formula is C12H15ClINO. The molecule has 1 fully saturated rings. The van der Waals surface area contributed by atoms with Gasteiger partial charge >= 0.3 is 0 Å². The molecule has 1 aliphatic rings. The molecule has 0 spiro atoms. The second-order valence-corrected chi connectivity index (χ2v) is 5.67. The third-order valence-electron chi connectivity index (χ3n) is 2.79. The first-order valence-corrected chi connectivity index (χ1v) is 6.98. The molecule has 1 aromatic carbocycles. The summed E-state index contributed by atoms with van der Waals surface area (Å²) >= 11 is 8.41. The first kappa shape index (κ1) is 12.5. The minimum absolute atomic E-state index is 0.435. The van der Waals surface area contributed by atoms with Gasteiger partial charge in [0.05, 0.1) is 16.8 Å². The predicted molar refractivity (Wildman–Crippen MR) is 76.2 cm³/mol. The highest BCUT2D eigenvalue weighted by molar-refractivity contribution is 14.1. The first-order chi connectivity index (χ1) is 7.69. The topological polar surface area (TPSA) is 21.3 Å². The number of hydrogen-bond acceptors (Lipinski definition) is 2. The van der Waals surface area contributed by atoms with Crippen LogP contribution in [0.4, 0.5) is 5.69 Å². The highest BCUT2D eigenvalue weighted by Gasteiger charge is 2.29. The molecule has 0 amide bonds. The van der Waals surface area contributed by atoms with Gasteiger partial charge in [0.2, 0.25) is 0 Å². The highest BCUT2D eigenvalue weighted by atomic mass is 127. The van der Waals surface area contributed by atoms with Gasteiger partial charge in [-0.1, -0.05) is 11.6 Å². The summed E-state index contributed by atoms with van der Waals surface area (Å²) in [5, 5.41) is 4.24. The van der Waals surface area contributed by atoms with Crippen molar-refractivity contribution in [2.45, 2.75) is 31.9 Å². The van der Waals surface area contributed by atoms with Crippen molar-refractivity contribution in [3.8, 4) is 0 Å². The zero-order valence-corrected chi connectivity index (χ0v) is 12.1. The largest absolute Gasteiger partial charge is 0.381 e. The lowest BCUT2D eigenvalue weighted by Crippen LogP contribution is -2.40. The molecule has 0 unspecified atom stereocenters. The van der Waals surface area contributed by atoms with Crippen molar-refractivity contribution in [1.82, 2.24) is 0 Å². The van der Waals surface area contributed by atoms with Crippen LogP contribution in [0, 0.1) is 3.57 Å². The van der Waals surface area contributed by atoms with Crippen LogP contribution in [0.25, 0.3) is 0 Å². The van der Waals surface area contributed by atoms with E-state index in [2.05, 4.69) is 34.0 Å². The van der Waals surface area contributed by atoms with Crippen LogP contribution in [0.2, 0.25) is 5.02 Å². The minimum Gasteiger partial charge on any atom is -0.381 e. The summed E-state index contributed by atoms with van der Waals surface area (Å²) in [6.07, 6.45) is 2.59. The summed E-state index contributed by atoms with van der Waals surface area (Å²) < 4.78 is 6.68. The van der Waals surface area contributed by atoms with E-state index < -0.39 is 0 Å². The number of benzene rings is 1. The van der Waals surface area contributed by atoms with Crippen molar-refractivity contribution in [3.63, 3.8) is 0 Å². The van der Waals surface area contributed by atoms with E-state index in [1.165, 1.54) is 0 Å². The van der Waals surface area contributed by atoms with Crippen molar-refractivity contribution < 1.29 is 4.74 Å². The quantitative estimate of drug-likeness (QED) is 0.830. The lowest BCUT2D eigenvalue weighted by molar-refractivity contribution is 0.00299. The number of rotatable bonds is 4. The Hall–Kier alpha value is -0.0000000000000000555. The fourth-order valence-corrected chi connectivity index (χ4v) is 2.79. The van der Waals surface area contributed by atoms with Crippen LogP contribution in [0.1, 0.15) is 19.8 Å². The van der Waals surface area contributed by atoms with Gasteiger partial charge < -0.3 is 10.1 Å². The Morgan fingerprint density at radius 3 is 2.88 bits per heavy atom. The van der Waals surface area contributed by atoms with Crippen molar-refractivity contribution in [1.29, 1.82) is 0 Å². The van der Waals surface area contributed by atoms with E-state index in [0.29, 0.717) is 12.1 Å². The minimum atomic E-state index is 0.435. The fourth-order valence-electron chi connectivity index (χ4n) is 1.88. The molecule has 0 aliphatic heterocycles. The van der Waals surface area contributed by atoms with Gasteiger partial charge in [0.15, 0.2) is 0 Å². The van der Waals surface area contributed by atoms with Gasteiger partial charge in [-0.2, -0.15) is 0 Å². The molecule has 1 aromatic rings. The third-order valence-corrected chi connectivity index (χ3v) is 3.77. The smallest absolute Gasteiger partial charge is 0.0648 e. The van der Waals surface area contributed by atoms with Crippen molar-refractivity contribution in [2.24, 2.45) is 0 Å². The van der Waals surface area contributed by atoms with Crippen molar-refractivity contribution >= 4 is 39.9 Å². The summed E-state index contributed by atoms with van der Waals surface area (Å²) in [6, 6.07) is 6.59. The normalized spacial score (nSPS) is 23.9. The zero-order chi connectivity index (χ0) is 11.5. The van der Waals surface area contributed by atoms with E-state index in [9.17, 15) is 0 Å². The summed E-state index contributed by atoms with van der Waals surface area (Å²) in [4.78, 5) is 0. The van der Waals surface area contributed by atoms with Crippen molar-refractivity contribution in [3.05, 3.63) is 26.8 Å². The Kier molecular flexibility index (Phi) is 4.33. The molecule has 0 radical (unpaired) electrons. The number of hydrogen-bond donors (Lipinski definition) is 1. The molecule has 2 nitrogen and oxygen atoms in total. The zero-order valence-electron chi connectivity index (χ0n) is 9.17. The molecule has 0 heterocycles. The maximum absolute atomic E-state index is 6.15. The van der Waals surface area contributed by atoms with Gasteiger partial charge in [-0.3, -0.25) is 0 Å². The average Bonchev–Trinajstić information content (AvgIpc) is 2.18. The molecule has 16 heavy (non-hydrogen) atoms. The number of halogens is 2. The Balaban J connectivity index is 1.87. The van der Waals surface area contributed by atoms with Crippen LogP contribution in [0.5, 0.6) is 0 Å². The average molecular weight is 352 g/mol. The van der Waals surface area contributed by atoms with Gasteiger partial charge in [0.1, 0.15) is 0 Å². The van der Waals surface area contributed by atoms with E-state index in [1.807, 2.05) is 19.1 Å². The van der Waals surface area contributed by atoms with Gasteiger partial charge in [0, 0.05) is 16.2 Å². The van der Waals surface area contributed by atoms with Gasteiger partial charge in [-0.25, -0.2) is 0 Å².